The summed E-state index contributed by atoms with van der Waals surface area (Å²) in [5.41, 5.74) is 0. The van der Waals surface area contributed by atoms with Gasteiger partial charge in [0, 0.05) is 32.2 Å². The second-order valence-corrected chi connectivity index (χ2v) is 3.80. The highest BCUT2D eigenvalue weighted by atomic mass is 16.2. The van der Waals surface area contributed by atoms with Gasteiger partial charge in [-0.3, -0.25) is 4.79 Å². The van der Waals surface area contributed by atoms with Gasteiger partial charge < -0.3 is 15.1 Å². The topological polar surface area (TPSA) is 52.7 Å². The van der Waals surface area contributed by atoms with Gasteiger partial charge in [-0.15, -0.1) is 0 Å². The van der Waals surface area contributed by atoms with Crippen LogP contribution < -0.4 is 5.32 Å². The summed E-state index contributed by atoms with van der Waals surface area (Å²) < 4.78 is 0. The molecule has 0 atom stereocenters. The molecule has 0 aromatic rings. The first-order valence-corrected chi connectivity index (χ1v) is 5.05. The third kappa shape index (κ3) is 1.66. The molecule has 0 radical (unpaired) electrons. The van der Waals surface area contributed by atoms with Crippen LogP contribution in [0.5, 0.6) is 0 Å². The van der Waals surface area contributed by atoms with E-state index in [2.05, 4.69) is 5.32 Å². The van der Waals surface area contributed by atoms with Gasteiger partial charge in [-0.1, -0.05) is 0 Å². The summed E-state index contributed by atoms with van der Waals surface area (Å²) in [6.07, 6.45) is 2.71. The van der Waals surface area contributed by atoms with Crippen molar-refractivity contribution in [2.24, 2.45) is 0 Å². The van der Waals surface area contributed by atoms with Crippen molar-refractivity contribution in [3.63, 3.8) is 0 Å². The molecule has 3 amide bonds. The van der Waals surface area contributed by atoms with Crippen molar-refractivity contribution in [3.05, 3.63) is 0 Å². The molecular weight excluding hydrogens is 182 g/mol. The largest absolute Gasteiger partial charge is 0.345 e. The van der Waals surface area contributed by atoms with Crippen LogP contribution in [0.3, 0.4) is 0 Å². The molecule has 2 fully saturated rings. The molecule has 14 heavy (non-hydrogen) atoms. The van der Waals surface area contributed by atoms with Gasteiger partial charge in [0.15, 0.2) is 0 Å². The lowest BCUT2D eigenvalue weighted by molar-refractivity contribution is -0.119. The van der Waals surface area contributed by atoms with Crippen molar-refractivity contribution in [2.75, 3.05) is 26.2 Å². The molecule has 1 N–H and O–H groups in total. The lowest BCUT2D eigenvalue weighted by atomic mass is 10.0. The smallest absolute Gasteiger partial charge is 0.317 e. The molecule has 0 saturated carbocycles. The van der Waals surface area contributed by atoms with Gasteiger partial charge in [0.2, 0.25) is 6.41 Å². The predicted octanol–water partition coefficient (Wildman–Crippen LogP) is -0.368. The molecule has 2 heterocycles. The van der Waals surface area contributed by atoms with E-state index in [4.69, 9.17) is 0 Å². The highest BCUT2D eigenvalue weighted by Gasteiger charge is 2.30. The molecule has 78 valence electrons. The highest BCUT2D eigenvalue weighted by molar-refractivity contribution is 5.76. The molecule has 2 aliphatic rings. The van der Waals surface area contributed by atoms with Crippen molar-refractivity contribution in [1.29, 1.82) is 0 Å². The molecule has 0 aromatic heterocycles. The van der Waals surface area contributed by atoms with Crippen LogP contribution in [-0.2, 0) is 4.79 Å². The first kappa shape index (κ1) is 9.30. The average Bonchev–Trinajstić information content (AvgIpc) is 2.65. The lowest BCUT2D eigenvalue weighted by Gasteiger charge is -2.34. The molecule has 0 aliphatic carbocycles. The van der Waals surface area contributed by atoms with Crippen LogP contribution in [0, 0.1) is 0 Å². The Hall–Kier alpha value is -1.26. The summed E-state index contributed by atoms with van der Waals surface area (Å²) in [4.78, 5) is 25.5. The maximum Gasteiger partial charge on any atom is 0.317 e. The fraction of sp³-hybridized carbons (Fsp3) is 0.778. The number of nitrogens with zero attached hydrogens (tertiary/aromatic N) is 2. The number of hydrogen-bond donors (Lipinski definition) is 1. The molecule has 2 saturated heterocycles. The van der Waals surface area contributed by atoms with E-state index >= 15 is 0 Å². The predicted molar refractivity (Wildman–Crippen MR) is 50.8 cm³/mol. The molecule has 0 spiro atoms. The highest BCUT2D eigenvalue weighted by Crippen LogP contribution is 2.17. The Balaban J connectivity index is 1.88. The van der Waals surface area contributed by atoms with Gasteiger partial charge in [0.25, 0.3) is 0 Å². The van der Waals surface area contributed by atoms with E-state index in [0.29, 0.717) is 6.04 Å². The second-order valence-electron chi connectivity index (χ2n) is 3.80. The Morgan fingerprint density at radius 3 is 2.50 bits per heavy atom. The summed E-state index contributed by atoms with van der Waals surface area (Å²) in [5, 5.41) is 2.80. The molecule has 0 bridgehead atoms. The van der Waals surface area contributed by atoms with Gasteiger partial charge in [0.1, 0.15) is 0 Å². The summed E-state index contributed by atoms with van der Waals surface area (Å²) >= 11 is 0. The van der Waals surface area contributed by atoms with Crippen molar-refractivity contribution < 1.29 is 9.59 Å². The number of nitrogens with one attached hydrogen (secondary N) is 1. The van der Waals surface area contributed by atoms with Crippen LogP contribution in [-0.4, -0.2) is 54.5 Å². The molecular formula is C9H15N3O2. The minimum absolute atomic E-state index is 0.0505. The molecule has 0 aromatic carbocycles. The number of urea groups is 1. The van der Waals surface area contributed by atoms with Gasteiger partial charge in [-0.2, -0.15) is 0 Å². The summed E-state index contributed by atoms with van der Waals surface area (Å²) in [7, 11) is 0. The molecule has 2 aliphatic heterocycles. The van der Waals surface area contributed by atoms with Crippen LogP contribution in [0.4, 0.5) is 4.79 Å². The van der Waals surface area contributed by atoms with Crippen molar-refractivity contribution in [3.8, 4) is 0 Å². The molecule has 5 nitrogen and oxygen atoms in total. The zero-order valence-electron chi connectivity index (χ0n) is 8.11. The van der Waals surface area contributed by atoms with E-state index < -0.39 is 0 Å². The average molecular weight is 197 g/mol. The van der Waals surface area contributed by atoms with E-state index in [0.717, 1.165) is 45.4 Å². The van der Waals surface area contributed by atoms with Crippen molar-refractivity contribution >= 4 is 12.4 Å². The Morgan fingerprint density at radius 2 is 2.00 bits per heavy atom. The van der Waals surface area contributed by atoms with E-state index in [-0.39, 0.29) is 6.03 Å². The van der Waals surface area contributed by atoms with Gasteiger partial charge in [-0.25, -0.2) is 4.79 Å². The monoisotopic (exact) mass is 197 g/mol. The number of carbonyl (C=O) groups is 2. The number of piperidine rings is 1. The first-order chi connectivity index (χ1) is 6.81. The zero-order valence-corrected chi connectivity index (χ0v) is 8.11. The van der Waals surface area contributed by atoms with E-state index in [9.17, 15) is 9.59 Å². The van der Waals surface area contributed by atoms with Crippen LogP contribution in [0.25, 0.3) is 0 Å². The number of rotatable bonds is 2. The SMILES string of the molecule is O=CN1CCC(N2CCNC2=O)CC1. The van der Waals surface area contributed by atoms with Crippen molar-refractivity contribution in [2.45, 2.75) is 18.9 Å². The fourth-order valence-corrected chi connectivity index (χ4v) is 2.14. The van der Waals surface area contributed by atoms with E-state index in [1.54, 1.807) is 4.90 Å². The van der Waals surface area contributed by atoms with Crippen LogP contribution in [0.15, 0.2) is 0 Å². The quantitative estimate of drug-likeness (QED) is 0.614. The Labute approximate surface area is 83.0 Å². The normalized spacial score (nSPS) is 23.9. The standard InChI is InChI=1S/C9H15N3O2/c13-7-11-4-1-8(2-5-11)12-6-3-10-9(12)14/h7-8H,1-6H2,(H,10,14). The summed E-state index contributed by atoms with van der Waals surface area (Å²) in [6.45, 7) is 3.12. The van der Waals surface area contributed by atoms with Gasteiger partial charge in [0.05, 0.1) is 0 Å². The second kappa shape index (κ2) is 3.86. The van der Waals surface area contributed by atoms with Gasteiger partial charge in [-0.05, 0) is 12.8 Å². The van der Waals surface area contributed by atoms with E-state index in [1.165, 1.54) is 0 Å². The lowest BCUT2D eigenvalue weighted by Crippen LogP contribution is -2.45. The maximum atomic E-state index is 11.4. The van der Waals surface area contributed by atoms with Crippen LogP contribution in [0.2, 0.25) is 0 Å². The third-order valence-electron chi connectivity index (χ3n) is 2.98. The Bertz CT molecular complexity index is 236. The Morgan fingerprint density at radius 1 is 1.29 bits per heavy atom. The minimum atomic E-state index is 0.0505. The number of amides is 3. The zero-order chi connectivity index (χ0) is 9.97. The maximum absolute atomic E-state index is 11.4. The van der Waals surface area contributed by atoms with Gasteiger partial charge >= 0.3 is 6.03 Å². The van der Waals surface area contributed by atoms with Crippen LogP contribution >= 0.6 is 0 Å². The fourth-order valence-electron chi connectivity index (χ4n) is 2.14. The molecule has 5 heteroatoms. The first-order valence-electron chi connectivity index (χ1n) is 5.05. The molecule has 2 rings (SSSR count). The van der Waals surface area contributed by atoms with E-state index in [1.807, 2.05) is 4.90 Å². The van der Waals surface area contributed by atoms with Crippen LogP contribution in [0.1, 0.15) is 12.8 Å². The Kier molecular flexibility index (Phi) is 2.56. The van der Waals surface area contributed by atoms with Crippen molar-refractivity contribution in [1.82, 2.24) is 15.1 Å². The molecule has 0 unspecified atom stereocenters. The summed E-state index contributed by atoms with van der Waals surface area (Å²) in [5.74, 6) is 0. The number of likely N-dealkylation sites (tertiary alicyclic amines) is 1. The third-order valence-corrected chi connectivity index (χ3v) is 2.98. The number of carbonyl (C=O) groups excluding carboxylic acids is 2. The summed E-state index contributed by atoms with van der Waals surface area (Å²) in [6, 6.07) is 0.378. The number of hydrogen-bond acceptors (Lipinski definition) is 2. The minimum Gasteiger partial charge on any atom is -0.345 e.